The molecule has 27 heavy (non-hydrogen) atoms. The Balaban J connectivity index is 1.70. The molecule has 0 saturated heterocycles. The van der Waals surface area contributed by atoms with Crippen LogP contribution in [0.3, 0.4) is 0 Å². The van der Waals surface area contributed by atoms with Gasteiger partial charge in [-0.05, 0) is 29.5 Å². The van der Waals surface area contributed by atoms with Crippen molar-refractivity contribution in [3.63, 3.8) is 0 Å². The fourth-order valence-corrected chi connectivity index (χ4v) is 3.18. The summed E-state index contributed by atoms with van der Waals surface area (Å²) >= 11 is 1.11. The first-order valence-corrected chi connectivity index (χ1v) is 8.87. The van der Waals surface area contributed by atoms with E-state index in [-0.39, 0.29) is 17.9 Å². The number of rotatable bonds is 7. The Bertz CT molecular complexity index is 959. The van der Waals surface area contributed by atoms with E-state index in [1.165, 1.54) is 24.5 Å². The van der Waals surface area contributed by atoms with Gasteiger partial charge in [0, 0.05) is 19.5 Å². The zero-order chi connectivity index (χ0) is 19.2. The summed E-state index contributed by atoms with van der Waals surface area (Å²) in [6, 6.07) is 13.9. The number of aryl methyl sites for hydroxylation is 1. The number of hydrogen-bond donors (Lipinski definition) is 0. The number of hydrogen-bond acceptors (Lipinski definition) is 7. The summed E-state index contributed by atoms with van der Waals surface area (Å²) in [5.41, 5.74) is 1.00. The van der Waals surface area contributed by atoms with Crippen LogP contribution in [0.25, 0.3) is 0 Å². The zero-order valence-electron chi connectivity index (χ0n) is 14.4. The van der Waals surface area contributed by atoms with E-state index in [0.717, 1.165) is 17.3 Å². The van der Waals surface area contributed by atoms with E-state index in [9.17, 15) is 14.9 Å². The molecule has 0 spiro atoms. The Labute approximate surface area is 159 Å². The second-order valence-electron chi connectivity index (χ2n) is 5.64. The van der Waals surface area contributed by atoms with Gasteiger partial charge in [-0.2, -0.15) is 0 Å². The lowest BCUT2D eigenvalue weighted by Gasteiger charge is -2.07. The van der Waals surface area contributed by atoms with Crippen molar-refractivity contribution in [3.8, 4) is 0 Å². The number of nitro benzene ring substituents is 1. The molecule has 0 fully saturated rings. The van der Waals surface area contributed by atoms with Crippen LogP contribution in [0.15, 0.2) is 64.9 Å². The van der Waals surface area contributed by atoms with Crippen LogP contribution in [0, 0.1) is 10.1 Å². The van der Waals surface area contributed by atoms with E-state index in [1.54, 1.807) is 11.6 Å². The Morgan fingerprint density at radius 2 is 2.04 bits per heavy atom. The third kappa shape index (κ3) is 4.70. The smallest absolute Gasteiger partial charge is 0.338 e. The Morgan fingerprint density at radius 3 is 2.70 bits per heavy atom. The van der Waals surface area contributed by atoms with Crippen molar-refractivity contribution in [2.75, 3.05) is 6.61 Å². The molecular weight excluding hydrogens is 368 g/mol. The maximum Gasteiger partial charge on any atom is 0.338 e. The van der Waals surface area contributed by atoms with Crippen molar-refractivity contribution in [1.82, 2.24) is 14.8 Å². The van der Waals surface area contributed by atoms with Crippen LogP contribution in [0.1, 0.15) is 15.9 Å². The van der Waals surface area contributed by atoms with E-state index in [1.807, 2.05) is 30.3 Å². The molecule has 3 rings (SSSR count). The number of carbonyl (C=O) groups is 1. The van der Waals surface area contributed by atoms with Crippen molar-refractivity contribution in [1.29, 1.82) is 0 Å². The van der Waals surface area contributed by atoms with Crippen molar-refractivity contribution < 1.29 is 14.5 Å². The highest BCUT2D eigenvalue weighted by Gasteiger charge is 2.20. The number of carbonyl (C=O) groups excluding carboxylic acids is 1. The van der Waals surface area contributed by atoms with Gasteiger partial charge in [0.1, 0.15) is 6.33 Å². The van der Waals surface area contributed by atoms with Gasteiger partial charge in [-0.15, -0.1) is 10.2 Å². The van der Waals surface area contributed by atoms with Gasteiger partial charge in [-0.1, -0.05) is 30.3 Å². The van der Waals surface area contributed by atoms with Crippen LogP contribution in [-0.2, 0) is 18.2 Å². The lowest BCUT2D eigenvalue weighted by atomic mass is 10.2. The average molecular weight is 384 g/mol. The van der Waals surface area contributed by atoms with Crippen LogP contribution in [0.4, 0.5) is 5.69 Å². The largest absolute Gasteiger partial charge is 0.462 e. The highest BCUT2D eigenvalue weighted by molar-refractivity contribution is 7.99. The molecule has 0 aliphatic carbocycles. The molecule has 0 aliphatic heterocycles. The van der Waals surface area contributed by atoms with Gasteiger partial charge >= 0.3 is 5.97 Å². The molecule has 0 amide bonds. The van der Waals surface area contributed by atoms with E-state index < -0.39 is 10.9 Å². The SMILES string of the molecule is Cn1cnnc1Sc1ccc(C(=O)OCCc2ccccc2)cc1[N+](=O)[O-]. The van der Waals surface area contributed by atoms with Crippen LogP contribution in [-0.4, -0.2) is 32.3 Å². The lowest BCUT2D eigenvalue weighted by Crippen LogP contribution is -2.09. The molecule has 9 heteroatoms. The molecule has 0 N–H and O–H groups in total. The van der Waals surface area contributed by atoms with E-state index in [4.69, 9.17) is 4.74 Å². The number of ether oxygens (including phenoxy) is 1. The molecule has 2 aromatic carbocycles. The molecule has 0 saturated carbocycles. The van der Waals surface area contributed by atoms with Crippen LogP contribution in [0.5, 0.6) is 0 Å². The van der Waals surface area contributed by atoms with Crippen molar-refractivity contribution in [3.05, 3.63) is 76.1 Å². The predicted molar refractivity (Wildman–Crippen MR) is 98.7 cm³/mol. The molecular formula is C18H16N4O4S. The van der Waals surface area contributed by atoms with E-state index in [0.29, 0.717) is 16.5 Å². The molecule has 0 unspecified atom stereocenters. The predicted octanol–water partition coefficient (Wildman–Crippen LogP) is 3.27. The Morgan fingerprint density at radius 1 is 1.26 bits per heavy atom. The van der Waals surface area contributed by atoms with Crippen LogP contribution < -0.4 is 0 Å². The van der Waals surface area contributed by atoms with Gasteiger partial charge in [-0.3, -0.25) is 10.1 Å². The topological polar surface area (TPSA) is 100 Å². The number of nitrogens with zero attached hydrogens (tertiary/aromatic N) is 4. The first kappa shape index (κ1) is 18.6. The highest BCUT2D eigenvalue weighted by atomic mass is 32.2. The van der Waals surface area contributed by atoms with Gasteiger partial charge in [0.2, 0.25) is 0 Å². The zero-order valence-corrected chi connectivity index (χ0v) is 15.3. The van der Waals surface area contributed by atoms with Gasteiger partial charge < -0.3 is 9.30 Å². The Kier molecular flexibility index (Phi) is 5.82. The minimum Gasteiger partial charge on any atom is -0.462 e. The first-order valence-electron chi connectivity index (χ1n) is 8.06. The summed E-state index contributed by atoms with van der Waals surface area (Å²) in [7, 11) is 1.74. The summed E-state index contributed by atoms with van der Waals surface area (Å²) in [4.78, 5) is 23.5. The summed E-state index contributed by atoms with van der Waals surface area (Å²) in [5, 5.41) is 19.6. The molecule has 0 radical (unpaired) electrons. The van der Waals surface area contributed by atoms with Crippen molar-refractivity contribution in [2.24, 2.45) is 7.05 Å². The number of benzene rings is 2. The summed E-state index contributed by atoms with van der Waals surface area (Å²) in [5.74, 6) is -0.593. The third-order valence-corrected chi connectivity index (χ3v) is 4.85. The van der Waals surface area contributed by atoms with E-state index in [2.05, 4.69) is 10.2 Å². The maximum absolute atomic E-state index is 12.2. The van der Waals surface area contributed by atoms with Gasteiger partial charge in [0.15, 0.2) is 5.16 Å². The standard InChI is InChI=1S/C18H16N4O4S/c1-21-12-19-20-18(21)27-16-8-7-14(11-15(16)22(24)25)17(23)26-10-9-13-5-3-2-4-6-13/h2-8,11-12H,9-10H2,1H3. The summed E-state index contributed by atoms with van der Waals surface area (Å²) < 4.78 is 6.89. The molecule has 1 aromatic heterocycles. The van der Waals surface area contributed by atoms with Crippen molar-refractivity contribution in [2.45, 2.75) is 16.5 Å². The van der Waals surface area contributed by atoms with Gasteiger partial charge in [-0.25, -0.2) is 4.79 Å². The minimum absolute atomic E-state index is 0.136. The monoisotopic (exact) mass is 384 g/mol. The Hall–Kier alpha value is -3.20. The fraction of sp³-hybridized carbons (Fsp3) is 0.167. The molecule has 8 nitrogen and oxygen atoms in total. The second kappa shape index (κ2) is 8.45. The summed E-state index contributed by atoms with van der Waals surface area (Å²) in [6.45, 7) is 0.200. The number of aromatic nitrogens is 3. The average Bonchev–Trinajstić information content (AvgIpc) is 3.07. The van der Waals surface area contributed by atoms with Crippen molar-refractivity contribution >= 4 is 23.4 Å². The highest BCUT2D eigenvalue weighted by Crippen LogP contribution is 2.34. The normalized spacial score (nSPS) is 10.6. The maximum atomic E-state index is 12.2. The molecule has 1 heterocycles. The molecule has 0 bridgehead atoms. The second-order valence-corrected chi connectivity index (χ2v) is 6.65. The molecule has 0 atom stereocenters. The van der Waals surface area contributed by atoms with Gasteiger partial charge in [0.25, 0.3) is 5.69 Å². The molecule has 0 aliphatic rings. The number of nitro groups is 1. The number of esters is 1. The summed E-state index contributed by atoms with van der Waals surface area (Å²) in [6.07, 6.45) is 2.08. The van der Waals surface area contributed by atoms with E-state index >= 15 is 0 Å². The first-order chi connectivity index (χ1) is 13.0. The molecule has 138 valence electrons. The minimum atomic E-state index is -0.593. The van der Waals surface area contributed by atoms with Crippen LogP contribution in [0.2, 0.25) is 0 Å². The third-order valence-electron chi connectivity index (χ3n) is 3.73. The quantitative estimate of drug-likeness (QED) is 0.350. The lowest BCUT2D eigenvalue weighted by molar-refractivity contribution is -0.387. The molecule has 3 aromatic rings. The van der Waals surface area contributed by atoms with Crippen LogP contribution >= 0.6 is 11.8 Å². The fourth-order valence-electron chi connectivity index (χ4n) is 2.33. The van der Waals surface area contributed by atoms with Gasteiger partial charge in [0.05, 0.1) is 22.0 Å².